The zero-order valence-electron chi connectivity index (χ0n) is 24.3. The number of piperidine rings is 1. The molecule has 1 saturated heterocycles. The van der Waals surface area contributed by atoms with Crippen molar-refractivity contribution in [3.05, 3.63) is 48.6 Å². The summed E-state index contributed by atoms with van der Waals surface area (Å²) in [5.41, 5.74) is 1.70. The van der Waals surface area contributed by atoms with E-state index in [1.54, 1.807) is 36.7 Å². The molecule has 0 saturated carbocycles. The van der Waals surface area contributed by atoms with Crippen LogP contribution in [0.2, 0.25) is 0 Å². The van der Waals surface area contributed by atoms with Crippen LogP contribution in [-0.4, -0.2) is 72.9 Å². The number of halogens is 4. The van der Waals surface area contributed by atoms with Gasteiger partial charge in [0, 0.05) is 30.4 Å². The number of hydrogen-bond donors (Lipinski definition) is 2. The van der Waals surface area contributed by atoms with E-state index in [2.05, 4.69) is 51.6 Å². The van der Waals surface area contributed by atoms with E-state index in [9.17, 15) is 17.6 Å². The molecule has 5 aromatic rings. The van der Waals surface area contributed by atoms with Gasteiger partial charge in [0.15, 0.2) is 0 Å². The number of nitrogens with one attached hydrogen (secondary N) is 2. The maximum Gasteiger partial charge on any atom is 0.406 e. The molecule has 1 aliphatic heterocycles. The number of rotatable bonds is 7. The molecule has 2 atom stereocenters. The molecule has 1 aromatic carbocycles. The summed E-state index contributed by atoms with van der Waals surface area (Å²) in [5.74, 6) is 0.748. The van der Waals surface area contributed by atoms with Crippen molar-refractivity contribution < 1.29 is 22.1 Å². The number of pyridine rings is 1. The van der Waals surface area contributed by atoms with E-state index in [-0.39, 0.29) is 36.0 Å². The predicted molar refractivity (Wildman–Crippen MR) is 156 cm³/mol. The van der Waals surface area contributed by atoms with Gasteiger partial charge in [-0.3, -0.25) is 4.68 Å². The van der Waals surface area contributed by atoms with Gasteiger partial charge in [-0.15, -0.1) is 0 Å². The van der Waals surface area contributed by atoms with Crippen LogP contribution < -0.4 is 10.6 Å². The highest BCUT2D eigenvalue weighted by Gasteiger charge is 2.32. The van der Waals surface area contributed by atoms with Crippen LogP contribution in [0.3, 0.4) is 0 Å². The minimum atomic E-state index is -4.50. The third-order valence-corrected chi connectivity index (χ3v) is 7.61. The Bertz CT molecular complexity index is 1750. The van der Waals surface area contributed by atoms with Crippen LogP contribution >= 0.6 is 0 Å². The summed E-state index contributed by atoms with van der Waals surface area (Å²) in [7, 11) is 1.86. The summed E-state index contributed by atoms with van der Waals surface area (Å²) in [6.07, 6.45) is -1.64. The topological polar surface area (TPSA) is 102 Å². The van der Waals surface area contributed by atoms with E-state index in [0.717, 1.165) is 22.0 Å². The molecule has 0 aliphatic carbocycles. The number of benzene rings is 1. The maximum absolute atomic E-state index is 14.8. The lowest BCUT2D eigenvalue weighted by Crippen LogP contribution is -2.46. The van der Waals surface area contributed by atoms with Gasteiger partial charge in [0.1, 0.15) is 18.5 Å². The number of likely N-dealkylation sites (tertiary alicyclic amines) is 1. The molecule has 0 bridgehead atoms. The first-order valence-electron chi connectivity index (χ1n) is 14.1. The number of aromatic nitrogens is 6. The van der Waals surface area contributed by atoms with Crippen molar-refractivity contribution in [2.75, 3.05) is 30.8 Å². The quantitative estimate of drug-likeness (QED) is 0.226. The first-order chi connectivity index (χ1) is 20.4. The number of nitrogens with zero attached hydrogens (tertiary/aromatic N) is 7. The first kappa shape index (κ1) is 28.9. The van der Waals surface area contributed by atoms with Crippen molar-refractivity contribution in [1.29, 1.82) is 0 Å². The Labute approximate surface area is 245 Å². The number of anilines is 2. The van der Waals surface area contributed by atoms with E-state index < -0.39 is 24.9 Å². The Morgan fingerprint density at radius 1 is 1.09 bits per heavy atom. The first-order valence-corrected chi connectivity index (χ1v) is 14.1. The molecule has 228 valence electrons. The average Bonchev–Trinajstić information content (AvgIpc) is 3.66. The fourth-order valence-corrected chi connectivity index (χ4v) is 5.58. The summed E-state index contributed by atoms with van der Waals surface area (Å²) in [6.45, 7) is 6.01. The second-order valence-corrected chi connectivity index (χ2v) is 12.0. The van der Waals surface area contributed by atoms with Gasteiger partial charge < -0.3 is 24.6 Å². The lowest BCUT2D eigenvalue weighted by Gasteiger charge is -2.33. The zero-order valence-corrected chi connectivity index (χ0v) is 24.3. The van der Waals surface area contributed by atoms with Crippen LogP contribution in [0.1, 0.15) is 33.1 Å². The van der Waals surface area contributed by atoms with E-state index in [4.69, 9.17) is 4.52 Å². The van der Waals surface area contributed by atoms with Crippen molar-refractivity contribution >= 4 is 33.3 Å². The molecule has 14 heteroatoms. The standard InChI is InChI=1S/C29H33F4N9O/c1-28(2,3)42-23-8-10-34-26(18(23)13-36-42)35-14-25-38-27(39-43-25)24-12-17-20(37-21-9-11-40(4)15-19(21)30)6-5-7-22(17)41(24)16-29(31,32)33/h5-8,10,12-13,19,21,37H,9,11,14-16H2,1-4H3,(H,34,35)/t19-,21+/m0/s1. The van der Waals surface area contributed by atoms with Crippen molar-refractivity contribution in [3.8, 4) is 11.5 Å². The van der Waals surface area contributed by atoms with Gasteiger partial charge in [-0.25, -0.2) is 9.37 Å². The molecule has 2 N–H and O–H groups in total. The Balaban J connectivity index is 1.29. The van der Waals surface area contributed by atoms with Gasteiger partial charge in [0.2, 0.25) is 11.7 Å². The Kier molecular flexibility index (Phi) is 7.27. The normalized spacial score (nSPS) is 18.5. The monoisotopic (exact) mass is 599 g/mol. The molecule has 4 aromatic heterocycles. The van der Waals surface area contributed by atoms with Gasteiger partial charge in [0.25, 0.3) is 0 Å². The molecule has 0 amide bonds. The van der Waals surface area contributed by atoms with Gasteiger partial charge in [0.05, 0.1) is 46.4 Å². The maximum atomic E-state index is 14.8. The Morgan fingerprint density at radius 2 is 1.91 bits per heavy atom. The van der Waals surface area contributed by atoms with Crippen molar-refractivity contribution in [1.82, 2.24) is 34.4 Å². The second kappa shape index (κ2) is 10.8. The van der Waals surface area contributed by atoms with E-state index in [1.807, 2.05) is 22.7 Å². The predicted octanol–water partition coefficient (Wildman–Crippen LogP) is 5.82. The van der Waals surface area contributed by atoms with E-state index in [0.29, 0.717) is 28.8 Å². The van der Waals surface area contributed by atoms with Crippen LogP contribution in [0.25, 0.3) is 33.3 Å². The molecule has 0 spiro atoms. The number of alkyl halides is 4. The zero-order chi connectivity index (χ0) is 30.5. The van der Waals surface area contributed by atoms with Crippen molar-refractivity contribution in [2.45, 2.75) is 64.2 Å². The number of hydrogen-bond acceptors (Lipinski definition) is 8. The highest BCUT2D eigenvalue weighted by molar-refractivity contribution is 5.96. The van der Waals surface area contributed by atoms with Gasteiger partial charge in [-0.05, 0) is 58.5 Å². The van der Waals surface area contributed by atoms with Crippen molar-refractivity contribution in [2.24, 2.45) is 0 Å². The summed E-state index contributed by atoms with van der Waals surface area (Å²) < 4.78 is 64.5. The van der Waals surface area contributed by atoms with Crippen LogP contribution in [0, 0.1) is 0 Å². The minimum absolute atomic E-state index is 0.0116. The smallest absolute Gasteiger partial charge is 0.379 e. The van der Waals surface area contributed by atoms with Gasteiger partial charge in [-0.1, -0.05) is 11.2 Å². The average molecular weight is 600 g/mol. The molecule has 1 fully saturated rings. The SMILES string of the molecule is CN1CC[C@@H](Nc2cccc3c2cc(-c2noc(CNc4nccc5c4cnn5C(C)(C)C)n2)n3CC(F)(F)F)[C@@H](F)C1. The summed E-state index contributed by atoms with van der Waals surface area (Å²) in [4.78, 5) is 10.7. The summed E-state index contributed by atoms with van der Waals surface area (Å²) in [5, 5.41) is 16.2. The molecule has 0 radical (unpaired) electrons. The molecule has 6 rings (SSSR count). The number of fused-ring (bicyclic) bond motifs is 2. The van der Waals surface area contributed by atoms with Gasteiger partial charge >= 0.3 is 6.18 Å². The lowest BCUT2D eigenvalue weighted by molar-refractivity contribution is -0.139. The van der Waals surface area contributed by atoms with E-state index >= 15 is 0 Å². The molecule has 0 unspecified atom stereocenters. The molecule has 10 nitrogen and oxygen atoms in total. The highest BCUT2D eigenvalue weighted by Crippen LogP contribution is 2.35. The third-order valence-electron chi connectivity index (χ3n) is 7.61. The van der Waals surface area contributed by atoms with Crippen LogP contribution in [0.5, 0.6) is 0 Å². The van der Waals surface area contributed by atoms with Crippen LogP contribution in [0.4, 0.5) is 29.1 Å². The second-order valence-electron chi connectivity index (χ2n) is 12.0. The molecular formula is C29H33F4N9O. The van der Waals surface area contributed by atoms with Gasteiger partial charge in [-0.2, -0.15) is 23.3 Å². The van der Waals surface area contributed by atoms with Crippen LogP contribution in [0.15, 0.2) is 47.2 Å². The van der Waals surface area contributed by atoms with Crippen molar-refractivity contribution in [3.63, 3.8) is 0 Å². The van der Waals surface area contributed by atoms with Crippen LogP contribution in [-0.2, 0) is 18.6 Å². The third kappa shape index (κ3) is 5.88. The Hall–Kier alpha value is -4.20. The fourth-order valence-electron chi connectivity index (χ4n) is 5.58. The highest BCUT2D eigenvalue weighted by atomic mass is 19.4. The van der Waals surface area contributed by atoms with E-state index in [1.165, 1.54) is 0 Å². The molecule has 5 heterocycles. The molecule has 1 aliphatic rings. The lowest BCUT2D eigenvalue weighted by atomic mass is 10.0. The molecular weight excluding hydrogens is 566 g/mol. The Morgan fingerprint density at radius 3 is 2.65 bits per heavy atom. The summed E-state index contributed by atoms with van der Waals surface area (Å²) >= 11 is 0. The fraction of sp³-hybridized carbons (Fsp3) is 0.448. The minimum Gasteiger partial charge on any atom is -0.379 e. The summed E-state index contributed by atoms with van der Waals surface area (Å²) in [6, 6.07) is 8.03. The molecule has 43 heavy (non-hydrogen) atoms. The largest absolute Gasteiger partial charge is 0.406 e.